The molecular weight excluding hydrogens is 172 g/mol. The molecule has 0 aliphatic rings. The lowest BCUT2D eigenvalue weighted by Gasteiger charge is -1.89. The topological polar surface area (TPSA) is 42.9 Å². The van der Waals surface area contributed by atoms with Gasteiger partial charge in [-0.3, -0.25) is 4.79 Å². The first kappa shape index (κ1) is 7.36. The van der Waals surface area contributed by atoms with E-state index in [1.54, 1.807) is 6.20 Å². The fourth-order valence-electron chi connectivity index (χ4n) is 1.08. The van der Waals surface area contributed by atoms with Crippen molar-refractivity contribution in [2.75, 3.05) is 0 Å². The Morgan fingerprint density at radius 2 is 2.42 bits per heavy atom. The molecule has 2 heterocycles. The third-order valence-corrected chi connectivity index (χ3v) is 2.66. The number of aromatic nitrogens is 2. The first-order valence-corrected chi connectivity index (χ1v) is 4.30. The van der Waals surface area contributed by atoms with Crippen molar-refractivity contribution in [3.63, 3.8) is 0 Å². The van der Waals surface area contributed by atoms with Crippen LogP contribution in [0.5, 0.6) is 0 Å². The quantitative estimate of drug-likeness (QED) is 0.625. The molecule has 12 heavy (non-hydrogen) atoms. The van der Waals surface area contributed by atoms with Crippen molar-refractivity contribution in [3.8, 4) is 0 Å². The average molecular weight is 178 g/mol. The highest BCUT2D eigenvalue weighted by Gasteiger charge is 2.03. The molecular formula is C8H6N2OS. The molecule has 0 spiro atoms. The molecule has 0 amide bonds. The van der Waals surface area contributed by atoms with Crippen LogP contribution in [0.3, 0.4) is 0 Å². The zero-order valence-corrected chi connectivity index (χ0v) is 7.26. The molecule has 0 atom stereocenters. The smallest absolute Gasteiger partial charge is 0.160 e. The summed E-state index contributed by atoms with van der Waals surface area (Å²) in [5, 5.41) is 8.73. The SMILES string of the molecule is Cc1nncc2sc(C=O)cc12. The van der Waals surface area contributed by atoms with E-state index >= 15 is 0 Å². The zero-order chi connectivity index (χ0) is 8.55. The lowest BCUT2D eigenvalue weighted by molar-refractivity contribution is 0.112. The number of rotatable bonds is 1. The maximum absolute atomic E-state index is 10.5. The maximum atomic E-state index is 10.5. The number of carbonyl (C=O) groups is 1. The summed E-state index contributed by atoms with van der Waals surface area (Å²) in [5.74, 6) is 0. The van der Waals surface area contributed by atoms with Crippen LogP contribution in [-0.2, 0) is 0 Å². The Labute approximate surface area is 73.1 Å². The van der Waals surface area contributed by atoms with Crippen LogP contribution >= 0.6 is 11.3 Å². The van der Waals surface area contributed by atoms with Crippen LogP contribution in [0.1, 0.15) is 15.4 Å². The predicted molar refractivity (Wildman–Crippen MR) is 47.5 cm³/mol. The van der Waals surface area contributed by atoms with Gasteiger partial charge < -0.3 is 0 Å². The van der Waals surface area contributed by atoms with Crippen molar-refractivity contribution in [1.29, 1.82) is 0 Å². The van der Waals surface area contributed by atoms with Gasteiger partial charge in [-0.1, -0.05) is 0 Å². The van der Waals surface area contributed by atoms with Gasteiger partial charge in [0, 0.05) is 5.39 Å². The Bertz CT molecular complexity index is 436. The summed E-state index contributed by atoms with van der Waals surface area (Å²) in [6, 6.07) is 1.84. The van der Waals surface area contributed by atoms with E-state index in [4.69, 9.17) is 0 Å². The number of fused-ring (bicyclic) bond motifs is 1. The van der Waals surface area contributed by atoms with Gasteiger partial charge in [0.25, 0.3) is 0 Å². The number of thiophene rings is 1. The fraction of sp³-hybridized carbons (Fsp3) is 0.125. The van der Waals surface area contributed by atoms with Gasteiger partial charge in [0.05, 0.1) is 21.5 Å². The third-order valence-electron chi connectivity index (χ3n) is 1.67. The lowest BCUT2D eigenvalue weighted by atomic mass is 10.3. The van der Waals surface area contributed by atoms with Crippen LogP contribution in [0.4, 0.5) is 0 Å². The second-order valence-corrected chi connectivity index (χ2v) is 3.59. The van der Waals surface area contributed by atoms with Crippen molar-refractivity contribution < 1.29 is 4.79 Å². The second-order valence-electron chi connectivity index (χ2n) is 2.47. The summed E-state index contributed by atoms with van der Waals surface area (Å²) < 4.78 is 1.02. The van der Waals surface area contributed by atoms with E-state index < -0.39 is 0 Å². The predicted octanol–water partition coefficient (Wildman–Crippen LogP) is 1.81. The monoisotopic (exact) mass is 178 g/mol. The van der Waals surface area contributed by atoms with Gasteiger partial charge in [0.1, 0.15) is 0 Å². The van der Waals surface area contributed by atoms with Crippen molar-refractivity contribution >= 4 is 27.7 Å². The molecule has 2 aromatic heterocycles. The maximum Gasteiger partial charge on any atom is 0.160 e. The van der Waals surface area contributed by atoms with Crippen molar-refractivity contribution in [3.05, 3.63) is 22.8 Å². The standard InChI is InChI=1S/C8H6N2OS/c1-5-7-2-6(4-11)12-8(7)3-9-10-5/h2-4H,1H3. The van der Waals surface area contributed by atoms with Gasteiger partial charge in [-0.25, -0.2) is 0 Å². The zero-order valence-electron chi connectivity index (χ0n) is 6.44. The van der Waals surface area contributed by atoms with Crippen LogP contribution in [0.2, 0.25) is 0 Å². The minimum absolute atomic E-state index is 0.725. The Kier molecular flexibility index (Phi) is 1.62. The minimum Gasteiger partial charge on any atom is -0.297 e. The molecule has 0 N–H and O–H groups in total. The summed E-state index contributed by atoms with van der Waals surface area (Å²) in [7, 11) is 0. The molecule has 0 bridgehead atoms. The molecule has 0 unspecified atom stereocenters. The number of aldehydes is 1. The number of hydrogen-bond acceptors (Lipinski definition) is 4. The molecule has 2 rings (SSSR count). The van der Waals surface area contributed by atoms with E-state index in [2.05, 4.69) is 10.2 Å². The van der Waals surface area contributed by atoms with Gasteiger partial charge in [-0.05, 0) is 13.0 Å². The van der Waals surface area contributed by atoms with E-state index in [9.17, 15) is 4.79 Å². The van der Waals surface area contributed by atoms with Crippen molar-refractivity contribution in [1.82, 2.24) is 10.2 Å². The molecule has 0 aromatic carbocycles. The van der Waals surface area contributed by atoms with Gasteiger partial charge in [0.15, 0.2) is 6.29 Å². The second kappa shape index (κ2) is 2.64. The first-order chi connectivity index (χ1) is 5.81. The average Bonchev–Trinajstić information content (AvgIpc) is 2.49. The molecule has 0 radical (unpaired) electrons. The van der Waals surface area contributed by atoms with Crippen LogP contribution in [0.15, 0.2) is 12.3 Å². The van der Waals surface area contributed by atoms with Crippen LogP contribution in [0.25, 0.3) is 10.1 Å². The van der Waals surface area contributed by atoms with Gasteiger partial charge in [-0.2, -0.15) is 10.2 Å². The number of nitrogens with zero attached hydrogens (tertiary/aromatic N) is 2. The normalized spacial score (nSPS) is 10.4. The van der Waals surface area contributed by atoms with Gasteiger partial charge in [0.2, 0.25) is 0 Å². The Balaban J connectivity index is 2.82. The molecule has 0 aliphatic carbocycles. The molecule has 2 aromatic rings. The molecule has 4 heteroatoms. The number of carbonyl (C=O) groups excluding carboxylic acids is 1. The number of hydrogen-bond donors (Lipinski definition) is 0. The largest absolute Gasteiger partial charge is 0.297 e. The van der Waals surface area contributed by atoms with E-state index in [-0.39, 0.29) is 0 Å². The van der Waals surface area contributed by atoms with Crippen molar-refractivity contribution in [2.24, 2.45) is 0 Å². The summed E-state index contributed by atoms with van der Waals surface area (Å²) in [4.78, 5) is 11.2. The molecule has 0 saturated heterocycles. The minimum atomic E-state index is 0.725. The highest BCUT2D eigenvalue weighted by molar-refractivity contribution is 7.20. The van der Waals surface area contributed by atoms with E-state index in [1.807, 2.05) is 13.0 Å². The highest BCUT2D eigenvalue weighted by atomic mass is 32.1. The molecule has 0 fully saturated rings. The van der Waals surface area contributed by atoms with E-state index in [1.165, 1.54) is 11.3 Å². The van der Waals surface area contributed by atoms with Gasteiger partial charge in [-0.15, -0.1) is 11.3 Å². The van der Waals surface area contributed by atoms with Gasteiger partial charge >= 0.3 is 0 Å². The Hall–Kier alpha value is -1.29. The molecule has 3 nitrogen and oxygen atoms in total. The Morgan fingerprint density at radius 3 is 3.08 bits per heavy atom. The van der Waals surface area contributed by atoms with Crippen LogP contribution < -0.4 is 0 Å². The van der Waals surface area contributed by atoms with Crippen molar-refractivity contribution in [2.45, 2.75) is 6.92 Å². The molecule has 60 valence electrons. The van der Waals surface area contributed by atoms with E-state index in [0.29, 0.717) is 0 Å². The summed E-state index contributed by atoms with van der Waals surface area (Å²) >= 11 is 1.44. The summed E-state index contributed by atoms with van der Waals surface area (Å²) in [6.07, 6.45) is 2.53. The lowest BCUT2D eigenvalue weighted by Crippen LogP contribution is -1.83. The fourth-order valence-corrected chi connectivity index (χ4v) is 1.98. The highest BCUT2D eigenvalue weighted by Crippen LogP contribution is 2.24. The Morgan fingerprint density at radius 1 is 1.58 bits per heavy atom. The summed E-state index contributed by atoms with van der Waals surface area (Å²) in [6.45, 7) is 1.89. The number of aryl methyl sites for hydroxylation is 1. The first-order valence-electron chi connectivity index (χ1n) is 3.48. The van der Waals surface area contributed by atoms with E-state index in [0.717, 1.165) is 26.9 Å². The van der Waals surface area contributed by atoms with Crippen LogP contribution in [-0.4, -0.2) is 16.5 Å². The molecule has 0 saturated carbocycles. The molecule has 0 aliphatic heterocycles. The summed E-state index contributed by atoms with van der Waals surface area (Å²) in [5.41, 5.74) is 0.872. The third kappa shape index (κ3) is 1.00. The van der Waals surface area contributed by atoms with Crippen LogP contribution in [0, 0.1) is 6.92 Å².